The number of aromatic nitrogens is 3. The second kappa shape index (κ2) is 4.96. The van der Waals surface area contributed by atoms with Gasteiger partial charge in [0.2, 0.25) is 17.8 Å². The van der Waals surface area contributed by atoms with Crippen LogP contribution in [0, 0.1) is 5.92 Å². The minimum Gasteiger partial charge on any atom is -0.368 e. The van der Waals surface area contributed by atoms with Crippen LogP contribution in [-0.4, -0.2) is 41.6 Å². The van der Waals surface area contributed by atoms with Gasteiger partial charge in [0, 0.05) is 26.7 Å². The van der Waals surface area contributed by atoms with Gasteiger partial charge in [-0.15, -0.1) is 0 Å². The Morgan fingerprint density at radius 2 is 1.78 bits per heavy atom. The van der Waals surface area contributed by atoms with E-state index in [1.54, 1.807) is 0 Å². The van der Waals surface area contributed by atoms with Gasteiger partial charge in [-0.2, -0.15) is 15.0 Å². The Kier molecular flexibility index (Phi) is 3.54. The lowest BCUT2D eigenvalue weighted by Gasteiger charge is -2.25. The van der Waals surface area contributed by atoms with Gasteiger partial charge in [0.25, 0.3) is 0 Å². The van der Waals surface area contributed by atoms with Gasteiger partial charge >= 0.3 is 0 Å². The number of nitrogens with two attached hydrogens (primary N) is 1. The molecule has 1 aromatic heterocycles. The van der Waals surface area contributed by atoms with E-state index in [1.807, 2.05) is 19.0 Å². The second-order valence-corrected chi connectivity index (χ2v) is 5.47. The summed E-state index contributed by atoms with van der Waals surface area (Å²) in [6, 6.07) is 0.573. The van der Waals surface area contributed by atoms with Gasteiger partial charge in [0.15, 0.2) is 0 Å². The molecule has 0 unspecified atom stereocenters. The lowest BCUT2D eigenvalue weighted by molar-refractivity contribution is 0.596. The van der Waals surface area contributed by atoms with Crippen molar-refractivity contribution in [2.75, 3.05) is 36.2 Å². The fourth-order valence-electron chi connectivity index (χ4n) is 1.87. The Morgan fingerprint density at radius 3 is 2.28 bits per heavy atom. The predicted molar refractivity (Wildman–Crippen MR) is 73.8 cm³/mol. The molecular formula is C12H22N6. The highest BCUT2D eigenvalue weighted by Gasteiger charge is 2.31. The van der Waals surface area contributed by atoms with Crippen LogP contribution in [0.3, 0.4) is 0 Å². The molecule has 0 amide bonds. The molecule has 0 atom stereocenters. The predicted octanol–water partition coefficient (Wildman–Crippen LogP) is 1.14. The van der Waals surface area contributed by atoms with Crippen molar-refractivity contribution < 1.29 is 0 Å². The van der Waals surface area contributed by atoms with Crippen molar-refractivity contribution in [1.82, 2.24) is 15.0 Å². The summed E-state index contributed by atoms with van der Waals surface area (Å²) in [6.07, 6.45) is 2.44. The minimum absolute atomic E-state index is 0.290. The lowest BCUT2D eigenvalue weighted by Crippen LogP contribution is -2.32. The van der Waals surface area contributed by atoms with E-state index < -0.39 is 0 Å². The molecule has 0 spiro atoms. The van der Waals surface area contributed by atoms with E-state index in [9.17, 15) is 0 Å². The van der Waals surface area contributed by atoms with Crippen LogP contribution in [0.25, 0.3) is 0 Å². The summed E-state index contributed by atoms with van der Waals surface area (Å²) in [5.74, 6) is 2.19. The van der Waals surface area contributed by atoms with Crippen LogP contribution in [-0.2, 0) is 0 Å². The van der Waals surface area contributed by atoms with Crippen LogP contribution >= 0.6 is 0 Å². The van der Waals surface area contributed by atoms with Crippen molar-refractivity contribution in [2.45, 2.75) is 32.7 Å². The van der Waals surface area contributed by atoms with Gasteiger partial charge in [0.05, 0.1) is 0 Å². The molecule has 18 heavy (non-hydrogen) atoms. The Hall–Kier alpha value is -1.59. The van der Waals surface area contributed by atoms with Crippen molar-refractivity contribution in [3.05, 3.63) is 0 Å². The summed E-state index contributed by atoms with van der Waals surface area (Å²) in [4.78, 5) is 17.0. The molecule has 0 radical (unpaired) electrons. The zero-order valence-electron chi connectivity index (χ0n) is 11.6. The normalized spacial score (nSPS) is 14.9. The van der Waals surface area contributed by atoms with Crippen LogP contribution in [0.15, 0.2) is 0 Å². The number of hydrogen-bond donors (Lipinski definition) is 1. The first-order valence-corrected chi connectivity index (χ1v) is 6.43. The van der Waals surface area contributed by atoms with Crippen LogP contribution in [0.1, 0.15) is 26.7 Å². The molecule has 1 aliphatic carbocycles. The molecular weight excluding hydrogens is 228 g/mol. The molecule has 100 valence electrons. The molecule has 1 saturated carbocycles. The van der Waals surface area contributed by atoms with Crippen molar-refractivity contribution in [1.29, 1.82) is 0 Å². The van der Waals surface area contributed by atoms with Gasteiger partial charge in [-0.3, -0.25) is 0 Å². The van der Waals surface area contributed by atoms with Gasteiger partial charge in [-0.05, 0) is 18.8 Å². The summed E-state index contributed by atoms with van der Waals surface area (Å²) in [7, 11) is 3.81. The molecule has 1 heterocycles. The largest absolute Gasteiger partial charge is 0.368 e. The molecule has 6 nitrogen and oxygen atoms in total. The SMILES string of the molecule is CC(C)CN(c1nc(N)nc(N(C)C)n1)C1CC1. The summed E-state index contributed by atoms with van der Waals surface area (Å²) >= 11 is 0. The van der Waals surface area contributed by atoms with Crippen LogP contribution < -0.4 is 15.5 Å². The minimum atomic E-state index is 0.290. The van der Waals surface area contributed by atoms with Crippen molar-refractivity contribution in [3.8, 4) is 0 Å². The fraction of sp³-hybridized carbons (Fsp3) is 0.750. The first-order valence-electron chi connectivity index (χ1n) is 6.43. The van der Waals surface area contributed by atoms with E-state index >= 15 is 0 Å². The maximum absolute atomic E-state index is 5.77. The van der Waals surface area contributed by atoms with Crippen molar-refractivity contribution in [2.24, 2.45) is 5.92 Å². The molecule has 1 aromatic rings. The summed E-state index contributed by atoms with van der Waals surface area (Å²) in [5, 5.41) is 0. The Labute approximate surface area is 108 Å². The Bertz CT molecular complexity index is 413. The number of nitrogens with zero attached hydrogens (tertiary/aromatic N) is 5. The molecule has 1 aliphatic rings. The number of nitrogen functional groups attached to an aromatic ring is 1. The number of rotatable bonds is 5. The van der Waals surface area contributed by atoms with E-state index in [4.69, 9.17) is 5.73 Å². The Balaban J connectivity index is 2.28. The first-order chi connectivity index (χ1) is 8.47. The molecule has 0 bridgehead atoms. The average molecular weight is 250 g/mol. The summed E-state index contributed by atoms with van der Waals surface area (Å²) in [5.41, 5.74) is 5.77. The van der Waals surface area contributed by atoms with E-state index in [2.05, 4.69) is 33.7 Å². The van der Waals surface area contributed by atoms with Crippen LogP contribution in [0.4, 0.5) is 17.8 Å². The molecule has 0 aliphatic heterocycles. The lowest BCUT2D eigenvalue weighted by atomic mass is 10.2. The topological polar surface area (TPSA) is 71.2 Å². The molecule has 1 fully saturated rings. The summed E-state index contributed by atoms with van der Waals surface area (Å²) < 4.78 is 0. The van der Waals surface area contributed by atoms with E-state index in [1.165, 1.54) is 12.8 Å². The summed E-state index contributed by atoms with van der Waals surface area (Å²) in [6.45, 7) is 5.36. The third-order valence-electron chi connectivity index (χ3n) is 2.84. The van der Waals surface area contributed by atoms with Gasteiger partial charge in [-0.25, -0.2) is 0 Å². The van der Waals surface area contributed by atoms with Gasteiger partial charge in [0.1, 0.15) is 0 Å². The Morgan fingerprint density at radius 1 is 1.17 bits per heavy atom. The quantitative estimate of drug-likeness (QED) is 0.845. The smallest absolute Gasteiger partial charge is 0.232 e. The third kappa shape index (κ3) is 3.00. The van der Waals surface area contributed by atoms with Crippen molar-refractivity contribution in [3.63, 3.8) is 0 Å². The first kappa shape index (κ1) is 12.9. The number of hydrogen-bond acceptors (Lipinski definition) is 6. The highest BCUT2D eigenvalue weighted by Crippen LogP contribution is 2.31. The van der Waals surface area contributed by atoms with Crippen molar-refractivity contribution >= 4 is 17.8 Å². The van der Waals surface area contributed by atoms with E-state index in [0.717, 1.165) is 6.54 Å². The molecule has 0 aromatic carbocycles. The third-order valence-corrected chi connectivity index (χ3v) is 2.84. The average Bonchev–Trinajstić information content (AvgIpc) is 3.08. The van der Waals surface area contributed by atoms with Gasteiger partial charge in [-0.1, -0.05) is 13.8 Å². The van der Waals surface area contributed by atoms with Gasteiger partial charge < -0.3 is 15.5 Å². The zero-order valence-corrected chi connectivity index (χ0v) is 11.6. The number of anilines is 3. The van der Waals surface area contributed by atoms with E-state index in [-0.39, 0.29) is 5.95 Å². The maximum Gasteiger partial charge on any atom is 0.232 e. The fourth-order valence-corrected chi connectivity index (χ4v) is 1.87. The second-order valence-electron chi connectivity index (χ2n) is 5.47. The molecule has 0 saturated heterocycles. The highest BCUT2D eigenvalue weighted by atomic mass is 15.4. The van der Waals surface area contributed by atoms with Crippen LogP contribution in [0.2, 0.25) is 0 Å². The van der Waals surface area contributed by atoms with Crippen LogP contribution in [0.5, 0.6) is 0 Å². The molecule has 2 N–H and O–H groups in total. The highest BCUT2D eigenvalue weighted by molar-refractivity contribution is 5.44. The van der Waals surface area contributed by atoms with E-state index in [0.29, 0.717) is 23.9 Å². The monoisotopic (exact) mass is 250 g/mol. The maximum atomic E-state index is 5.77. The molecule has 2 rings (SSSR count). The zero-order chi connectivity index (χ0) is 13.3. The molecule has 6 heteroatoms. The standard InChI is InChI=1S/C12H22N6/c1-8(2)7-18(9-5-6-9)12-15-10(13)14-11(16-12)17(3)4/h8-9H,5-7H2,1-4H3,(H2,13,14,15,16).